The lowest BCUT2D eigenvalue weighted by molar-refractivity contribution is 0.605. The van der Waals surface area contributed by atoms with Crippen LogP contribution in [0.3, 0.4) is 0 Å². The first-order chi connectivity index (χ1) is 6.25. The lowest BCUT2D eigenvalue weighted by Gasteiger charge is -2.19. The molecule has 4 heteroatoms. The second-order valence-corrected chi connectivity index (χ2v) is 5.60. The van der Waals surface area contributed by atoms with E-state index in [0.29, 0.717) is 16.7 Å². The van der Waals surface area contributed by atoms with Gasteiger partial charge in [0.1, 0.15) is 5.82 Å². The third-order valence-corrected chi connectivity index (χ3v) is 2.73. The van der Waals surface area contributed by atoms with E-state index in [4.69, 9.17) is 34.8 Å². The first-order valence-electron chi connectivity index (χ1n) is 4.08. The third kappa shape index (κ3) is 2.16. The van der Waals surface area contributed by atoms with Crippen LogP contribution in [0.25, 0.3) is 0 Å². The molecular formula is C10H10Cl3F. The van der Waals surface area contributed by atoms with Crippen LogP contribution < -0.4 is 0 Å². The molecule has 0 spiro atoms. The summed E-state index contributed by atoms with van der Waals surface area (Å²) in [6, 6.07) is 1.68. The predicted molar refractivity (Wildman–Crippen MR) is 59.8 cm³/mol. The Kier molecular flexibility index (Phi) is 3.35. The molecule has 0 fully saturated rings. The summed E-state index contributed by atoms with van der Waals surface area (Å²) in [4.78, 5) is 0. The van der Waals surface area contributed by atoms with Crippen LogP contribution in [0.2, 0.25) is 0 Å². The summed E-state index contributed by atoms with van der Waals surface area (Å²) in [6.07, 6.45) is 0. The van der Waals surface area contributed by atoms with E-state index >= 15 is 0 Å². The lowest BCUT2D eigenvalue weighted by Crippen LogP contribution is -2.09. The molecule has 0 atom stereocenters. The zero-order valence-corrected chi connectivity index (χ0v) is 10.4. The Labute approximate surface area is 98.0 Å². The van der Waals surface area contributed by atoms with E-state index in [1.54, 1.807) is 26.8 Å². The quantitative estimate of drug-likeness (QED) is 0.595. The molecule has 0 aliphatic carbocycles. The zero-order valence-electron chi connectivity index (χ0n) is 8.09. The summed E-state index contributed by atoms with van der Waals surface area (Å²) in [6.45, 7) is 5.11. The van der Waals surface area contributed by atoms with Crippen LogP contribution in [0.5, 0.6) is 0 Å². The van der Waals surface area contributed by atoms with Crippen molar-refractivity contribution in [1.82, 2.24) is 0 Å². The monoisotopic (exact) mass is 254 g/mol. The second-order valence-electron chi connectivity index (χ2n) is 3.32. The molecule has 0 unspecified atom stereocenters. The van der Waals surface area contributed by atoms with Crippen molar-refractivity contribution < 1.29 is 4.39 Å². The van der Waals surface area contributed by atoms with Gasteiger partial charge in [0.25, 0.3) is 0 Å². The highest BCUT2D eigenvalue weighted by molar-refractivity contribution is 6.66. The lowest BCUT2D eigenvalue weighted by atomic mass is 10.00. The van der Waals surface area contributed by atoms with Gasteiger partial charge in [0, 0.05) is 5.56 Å². The molecule has 0 aromatic heterocycles. The maximum absolute atomic E-state index is 13.5. The molecule has 0 bridgehead atoms. The van der Waals surface area contributed by atoms with Gasteiger partial charge in [-0.1, -0.05) is 40.9 Å². The fourth-order valence-electron chi connectivity index (χ4n) is 1.60. The third-order valence-electron chi connectivity index (χ3n) is 2.16. The molecule has 0 amide bonds. The van der Waals surface area contributed by atoms with E-state index in [9.17, 15) is 4.39 Å². The van der Waals surface area contributed by atoms with Crippen LogP contribution >= 0.6 is 34.8 Å². The Morgan fingerprint density at radius 3 is 2.00 bits per heavy atom. The van der Waals surface area contributed by atoms with Crippen LogP contribution in [-0.2, 0) is 3.79 Å². The summed E-state index contributed by atoms with van der Waals surface area (Å²) in [7, 11) is 0. The van der Waals surface area contributed by atoms with Crippen molar-refractivity contribution in [1.29, 1.82) is 0 Å². The maximum Gasteiger partial charge on any atom is 0.216 e. The van der Waals surface area contributed by atoms with Gasteiger partial charge in [0.05, 0.1) is 0 Å². The Hall–Kier alpha value is 0.0200. The Morgan fingerprint density at radius 2 is 1.57 bits per heavy atom. The topological polar surface area (TPSA) is 0 Å². The fraction of sp³-hybridized carbons (Fsp3) is 0.400. The average molecular weight is 256 g/mol. The van der Waals surface area contributed by atoms with E-state index in [0.717, 1.165) is 5.56 Å². The molecule has 1 aromatic rings. The van der Waals surface area contributed by atoms with Crippen molar-refractivity contribution in [3.8, 4) is 0 Å². The van der Waals surface area contributed by atoms with Crippen molar-refractivity contribution in [3.63, 3.8) is 0 Å². The number of benzene rings is 1. The number of halogens is 4. The number of hydrogen-bond acceptors (Lipinski definition) is 0. The van der Waals surface area contributed by atoms with Crippen molar-refractivity contribution >= 4 is 34.8 Å². The molecule has 0 N–H and O–H groups in total. The van der Waals surface area contributed by atoms with Gasteiger partial charge < -0.3 is 0 Å². The van der Waals surface area contributed by atoms with Gasteiger partial charge >= 0.3 is 0 Å². The van der Waals surface area contributed by atoms with Crippen molar-refractivity contribution in [2.24, 2.45) is 0 Å². The van der Waals surface area contributed by atoms with Crippen LogP contribution in [-0.4, -0.2) is 0 Å². The molecule has 1 aromatic carbocycles. The van der Waals surface area contributed by atoms with Gasteiger partial charge in [-0.25, -0.2) is 4.39 Å². The summed E-state index contributed by atoms with van der Waals surface area (Å²) in [5, 5.41) is 0. The van der Waals surface area contributed by atoms with Gasteiger partial charge in [0.2, 0.25) is 3.79 Å². The zero-order chi connectivity index (χ0) is 11.1. The summed E-state index contributed by atoms with van der Waals surface area (Å²) in [5.74, 6) is -0.308. The molecule has 0 radical (unpaired) electrons. The van der Waals surface area contributed by atoms with Crippen LogP contribution in [0.15, 0.2) is 6.07 Å². The summed E-state index contributed by atoms with van der Waals surface area (Å²) < 4.78 is 12.0. The highest BCUT2D eigenvalue weighted by atomic mass is 35.6. The molecular weight excluding hydrogens is 245 g/mol. The number of aryl methyl sites for hydroxylation is 2. The van der Waals surface area contributed by atoms with Crippen molar-refractivity contribution in [2.45, 2.75) is 24.6 Å². The molecule has 0 aliphatic rings. The average Bonchev–Trinajstić information content (AvgIpc) is 1.97. The largest absolute Gasteiger partial charge is 0.216 e. The van der Waals surface area contributed by atoms with Gasteiger partial charge in [-0.05, 0) is 37.5 Å². The first kappa shape index (κ1) is 12.1. The van der Waals surface area contributed by atoms with E-state index in [1.807, 2.05) is 0 Å². The SMILES string of the molecule is Cc1cc(C)c(C(Cl)(Cl)Cl)c(C)c1F. The Morgan fingerprint density at radius 1 is 1.07 bits per heavy atom. The van der Waals surface area contributed by atoms with Crippen molar-refractivity contribution in [3.05, 3.63) is 34.1 Å². The molecule has 78 valence electrons. The number of rotatable bonds is 0. The molecule has 0 nitrogen and oxygen atoms in total. The highest BCUT2D eigenvalue weighted by Gasteiger charge is 2.28. The van der Waals surface area contributed by atoms with E-state index in [-0.39, 0.29) is 5.82 Å². The molecule has 1 rings (SSSR count). The summed E-state index contributed by atoms with van der Waals surface area (Å²) >= 11 is 17.3. The Balaban J connectivity index is 3.53. The van der Waals surface area contributed by atoms with E-state index < -0.39 is 3.79 Å². The van der Waals surface area contributed by atoms with Gasteiger partial charge in [0.15, 0.2) is 0 Å². The Bertz CT molecular complexity index is 367. The van der Waals surface area contributed by atoms with E-state index in [2.05, 4.69) is 0 Å². The number of alkyl halides is 3. The van der Waals surface area contributed by atoms with Gasteiger partial charge in [-0.15, -0.1) is 0 Å². The molecule has 0 heterocycles. The second kappa shape index (κ2) is 3.88. The first-order valence-corrected chi connectivity index (χ1v) is 5.22. The highest BCUT2D eigenvalue weighted by Crippen LogP contribution is 2.42. The molecule has 0 saturated carbocycles. The minimum Gasteiger partial charge on any atom is -0.206 e. The predicted octanol–water partition coefficient (Wildman–Crippen LogP) is 4.58. The fourth-order valence-corrected chi connectivity index (χ4v) is 2.47. The maximum atomic E-state index is 13.5. The smallest absolute Gasteiger partial charge is 0.206 e. The minimum atomic E-state index is -1.57. The van der Waals surface area contributed by atoms with Crippen LogP contribution in [0, 0.1) is 26.6 Å². The van der Waals surface area contributed by atoms with Crippen LogP contribution in [0.4, 0.5) is 4.39 Å². The van der Waals surface area contributed by atoms with E-state index in [1.165, 1.54) is 0 Å². The molecule has 0 aliphatic heterocycles. The van der Waals surface area contributed by atoms with Crippen molar-refractivity contribution in [2.75, 3.05) is 0 Å². The molecule has 0 saturated heterocycles. The molecule has 14 heavy (non-hydrogen) atoms. The standard InChI is InChI=1S/C10H10Cl3F/c1-5-4-6(2)9(14)7(3)8(5)10(11,12)13/h4H,1-3H3. The normalized spacial score (nSPS) is 11.9. The number of hydrogen-bond donors (Lipinski definition) is 0. The van der Waals surface area contributed by atoms with Gasteiger partial charge in [-0.3, -0.25) is 0 Å². The van der Waals surface area contributed by atoms with Crippen LogP contribution in [0.1, 0.15) is 22.3 Å². The summed E-state index contributed by atoms with van der Waals surface area (Å²) in [5.41, 5.74) is 2.20. The minimum absolute atomic E-state index is 0.308. The van der Waals surface area contributed by atoms with Gasteiger partial charge in [-0.2, -0.15) is 0 Å².